The van der Waals surface area contributed by atoms with Crippen LogP contribution in [0.2, 0.25) is 0 Å². The first-order valence-electron chi connectivity index (χ1n) is 12.7. The standard InChI is InChI=1S/C27H39N5O3/c1-4-31(5-2)19-16-28-26(33)24-20-22(12-15-25(24)32-17-8-7-9-18-32)30-27(34)29-21-10-13-23(14-11-21)35-6-3/h10-15,20H,4-9,16-19H2,1-3H3,(H,28,33)(H2,29,30,34). The number of hydrogen-bond donors (Lipinski definition) is 3. The number of urea groups is 1. The molecule has 3 N–H and O–H groups in total. The summed E-state index contributed by atoms with van der Waals surface area (Å²) in [6.45, 7) is 11.9. The van der Waals surface area contributed by atoms with Gasteiger partial charge in [-0.3, -0.25) is 4.79 Å². The predicted octanol–water partition coefficient (Wildman–Crippen LogP) is 4.79. The number of hydrogen-bond acceptors (Lipinski definition) is 5. The number of carbonyl (C=O) groups excluding carboxylic acids is 2. The summed E-state index contributed by atoms with van der Waals surface area (Å²) in [5.41, 5.74) is 2.74. The van der Waals surface area contributed by atoms with Gasteiger partial charge in [-0.15, -0.1) is 0 Å². The number of carbonyl (C=O) groups is 2. The van der Waals surface area contributed by atoms with E-state index in [4.69, 9.17) is 4.74 Å². The largest absolute Gasteiger partial charge is 0.494 e. The molecule has 0 saturated carbocycles. The minimum absolute atomic E-state index is 0.117. The summed E-state index contributed by atoms with van der Waals surface area (Å²) in [5, 5.41) is 8.75. The van der Waals surface area contributed by atoms with Gasteiger partial charge in [0.1, 0.15) is 5.75 Å². The van der Waals surface area contributed by atoms with Crippen LogP contribution in [0.15, 0.2) is 42.5 Å². The molecule has 1 aliphatic rings. The highest BCUT2D eigenvalue weighted by molar-refractivity contribution is 6.04. The summed E-state index contributed by atoms with van der Waals surface area (Å²) in [5.74, 6) is 0.636. The Morgan fingerprint density at radius 3 is 2.23 bits per heavy atom. The minimum atomic E-state index is -0.368. The topological polar surface area (TPSA) is 85.9 Å². The fourth-order valence-electron chi connectivity index (χ4n) is 4.26. The minimum Gasteiger partial charge on any atom is -0.494 e. The first-order valence-corrected chi connectivity index (χ1v) is 12.7. The van der Waals surface area contributed by atoms with Crippen LogP contribution in [0.4, 0.5) is 21.9 Å². The van der Waals surface area contributed by atoms with Crippen molar-refractivity contribution in [2.75, 3.05) is 61.4 Å². The summed E-state index contributed by atoms with van der Waals surface area (Å²) < 4.78 is 5.44. The van der Waals surface area contributed by atoms with Crippen molar-refractivity contribution in [3.05, 3.63) is 48.0 Å². The number of amides is 3. The number of piperidine rings is 1. The van der Waals surface area contributed by atoms with Gasteiger partial charge in [0.25, 0.3) is 5.91 Å². The van der Waals surface area contributed by atoms with Gasteiger partial charge in [0.05, 0.1) is 12.2 Å². The first-order chi connectivity index (χ1) is 17.0. The number of rotatable bonds is 11. The van der Waals surface area contributed by atoms with Crippen molar-refractivity contribution in [2.24, 2.45) is 0 Å². The van der Waals surface area contributed by atoms with E-state index in [0.717, 1.165) is 57.0 Å². The molecular weight excluding hydrogens is 442 g/mol. The van der Waals surface area contributed by atoms with E-state index in [9.17, 15) is 9.59 Å². The van der Waals surface area contributed by atoms with Crippen LogP contribution < -0.4 is 25.6 Å². The van der Waals surface area contributed by atoms with Crippen LogP contribution in [0.3, 0.4) is 0 Å². The fourth-order valence-corrected chi connectivity index (χ4v) is 4.26. The molecular formula is C27H39N5O3. The first kappa shape index (κ1) is 26.3. The lowest BCUT2D eigenvalue weighted by Gasteiger charge is -2.30. The number of ether oxygens (including phenoxy) is 1. The second kappa shape index (κ2) is 13.6. The zero-order valence-corrected chi connectivity index (χ0v) is 21.2. The maximum absolute atomic E-state index is 13.2. The normalized spacial score (nSPS) is 13.4. The van der Waals surface area contributed by atoms with Gasteiger partial charge in [0.15, 0.2) is 0 Å². The molecule has 0 spiro atoms. The van der Waals surface area contributed by atoms with E-state index in [1.807, 2.05) is 31.2 Å². The molecule has 3 amide bonds. The molecule has 2 aromatic carbocycles. The molecule has 190 valence electrons. The molecule has 8 nitrogen and oxygen atoms in total. The molecule has 1 aliphatic heterocycles. The van der Waals surface area contributed by atoms with Crippen LogP contribution in [-0.2, 0) is 0 Å². The van der Waals surface area contributed by atoms with E-state index in [1.165, 1.54) is 6.42 Å². The highest BCUT2D eigenvalue weighted by Gasteiger charge is 2.20. The lowest BCUT2D eigenvalue weighted by molar-refractivity contribution is 0.0949. The molecule has 0 atom stereocenters. The van der Waals surface area contributed by atoms with Gasteiger partial charge in [0.2, 0.25) is 0 Å². The quantitative estimate of drug-likeness (QED) is 0.430. The molecule has 1 heterocycles. The summed E-state index contributed by atoms with van der Waals surface area (Å²) in [6, 6.07) is 12.4. The molecule has 3 rings (SSSR count). The van der Waals surface area contributed by atoms with Gasteiger partial charge in [-0.25, -0.2) is 4.79 Å². The second-order valence-corrected chi connectivity index (χ2v) is 8.60. The van der Waals surface area contributed by atoms with E-state index in [1.54, 1.807) is 18.2 Å². The predicted molar refractivity (Wildman–Crippen MR) is 143 cm³/mol. The van der Waals surface area contributed by atoms with Crippen molar-refractivity contribution < 1.29 is 14.3 Å². The lowest BCUT2D eigenvalue weighted by atomic mass is 10.1. The molecule has 35 heavy (non-hydrogen) atoms. The molecule has 0 radical (unpaired) electrons. The van der Waals surface area contributed by atoms with Crippen molar-refractivity contribution >= 4 is 29.0 Å². The lowest BCUT2D eigenvalue weighted by Crippen LogP contribution is -2.36. The average molecular weight is 482 g/mol. The Kier molecular flexibility index (Phi) is 10.2. The van der Waals surface area contributed by atoms with Crippen molar-refractivity contribution in [3.8, 4) is 5.75 Å². The zero-order chi connectivity index (χ0) is 25.0. The Morgan fingerprint density at radius 2 is 1.57 bits per heavy atom. The van der Waals surface area contributed by atoms with Crippen LogP contribution in [0.25, 0.3) is 0 Å². The number of nitrogens with zero attached hydrogens (tertiary/aromatic N) is 2. The van der Waals surface area contributed by atoms with Gasteiger partial charge >= 0.3 is 6.03 Å². The Bertz CT molecular complexity index is 954. The van der Waals surface area contributed by atoms with Gasteiger partial charge in [-0.05, 0) is 81.7 Å². The van der Waals surface area contributed by atoms with Gasteiger partial charge in [0, 0.05) is 43.2 Å². The molecule has 0 unspecified atom stereocenters. The number of anilines is 3. The van der Waals surface area contributed by atoms with Gasteiger partial charge in [-0.2, -0.15) is 0 Å². The Labute approximate surface area is 209 Å². The van der Waals surface area contributed by atoms with Gasteiger partial charge < -0.3 is 30.5 Å². The van der Waals surface area contributed by atoms with Crippen LogP contribution in [0.1, 0.15) is 50.4 Å². The maximum atomic E-state index is 13.2. The van der Waals surface area contributed by atoms with Crippen LogP contribution in [-0.4, -0.2) is 62.7 Å². The molecule has 0 aliphatic carbocycles. The monoisotopic (exact) mass is 481 g/mol. The molecule has 1 saturated heterocycles. The number of nitrogens with one attached hydrogen (secondary N) is 3. The van der Waals surface area contributed by atoms with Gasteiger partial charge in [-0.1, -0.05) is 13.8 Å². The summed E-state index contributed by atoms with van der Waals surface area (Å²) in [4.78, 5) is 30.3. The average Bonchev–Trinajstić information content (AvgIpc) is 2.88. The Hall–Kier alpha value is -3.26. The molecule has 8 heteroatoms. The van der Waals surface area contributed by atoms with E-state index < -0.39 is 0 Å². The Balaban J connectivity index is 1.70. The van der Waals surface area contributed by atoms with Crippen molar-refractivity contribution in [2.45, 2.75) is 40.0 Å². The summed E-state index contributed by atoms with van der Waals surface area (Å²) in [6.07, 6.45) is 3.45. The third kappa shape index (κ3) is 7.89. The SMILES string of the molecule is CCOc1ccc(NC(=O)Nc2ccc(N3CCCCC3)c(C(=O)NCCN(CC)CC)c2)cc1. The molecule has 2 aromatic rings. The summed E-state index contributed by atoms with van der Waals surface area (Å²) >= 11 is 0. The smallest absolute Gasteiger partial charge is 0.323 e. The van der Waals surface area contributed by atoms with E-state index in [2.05, 4.69) is 39.6 Å². The number of likely N-dealkylation sites (N-methyl/N-ethyl adjacent to an activating group) is 1. The maximum Gasteiger partial charge on any atom is 0.323 e. The van der Waals surface area contributed by atoms with Crippen LogP contribution in [0, 0.1) is 0 Å². The van der Waals surface area contributed by atoms with Crippen molar-refractivity contribution in [3.63, 3.8) is 0 Å². The van der Waals surface area contributed by atoms with Crippen LogP contribution >= 0.6 is 0 Å². The highest BCUT2D eigenvalue weighted by Crippen LogP contribution is 2.27. The Morgan fingerprint density at radius 1 is 0.914 bits per heavy atom. The molecule has 1 fully saturated rings. The fraction of sp³-hybridized carbons (Fsp3) is 0.481. The van der Waals surface area contributed by atoms with Crippen molar-refractivity contribution in [1.29, 1.82) is 0 Å². The van der Waals surface area contributed by atoms with Crippen molar-refractivity contribution in [1.82, 2.24) is 10.2 Å². The third-order valence-corrected chi connectivity index (χ3v) is 6.23. The van der Waals surface area contributed by atoms with Crippen LogP contribution in [0.5, 0.6) is 5.75 Å². The third-order valence-electron chi connectivity index (χ3n) is 6.23. The van der Waals surface area contributed by atoms with E-state index in [0.29, 0.717) is 30.1 Å². The molecule has 0 aromatic heterocycles. The summed E-state index contributed by atoms with van der Waals surface area (Å²) in [7, 11) is 0. The van der Waals surface area contributed by atoms with E-state index in [-0.39, 0.29) is 11.9 Å². The zero-order valence-electron chi connectivity index (χ0n) is 21.2. The molecule has 0 bridgehead atoms. The second-order valence-electron chi connectivity index (χ2n) is 8.60. The highest BCUT2D eigenvalue weighted by atomic mass is 16.5. The van der Waals surface area contributed by atoms with E-state index >= 15 is 0 Å². The number of benzene rings is 2.